The zero-order valence-corrected chi connectivity index (χ0v) is 12.1. The summed E-state index contributed by atoms with van der Waals surface area (Å²) in [4.78, 5) is 14.2. The van der Waals surface area contributed by atoms with Crippen LogP contribution < -0.4 is 0 Å². The fraction of sp³-hybridized carbons (Fsp3) is 0.333. The van der Waals surface area contributed by atoms with Gasteiger partial charge in [0.1, 0.15) is 0 Å². The molecule has 1 saturated heterocycles. The zero-order chi connectivity index (χ0) is 14.1. The molecule has 0 aliphatic carbocycles. The number of amides is 1. The highest BCUT2D eigenvalue weighted by Gasteiger charge is 2.22. The first-order chi connectivity index (χ1) is 9.65. The van der Waals surface area contributed by atoms with Crippen LogP contribution in [0.5, 0.6) is 0 Å². The second-order valence-corrected chi connectivity index (χ2v) is 5.48. The number of rotatable bonds is 2. The van der Waals surface area contributed by atoms with E-state index in [-0.39, 0.29) is 5.91 Å². The third-order valence-corrected chi connectivity index (χ3v) is 3.88. The summed E-state index contributed by atoms with van der Waals surface area (Å²) in [6.45, 7) is 1.68. The number of nitrogens with zero attached hydrogens (tertiary/aromatic N) is 3. The number of aromatic nitrogens is 2. The minimum Gasteiger partial charge on any atom is -0.337 e. The first-order valence-corrected chi connectivity index (χ1v) is 7.12. The highest BCUT2D eigenvalue weighted by molar-refractivity contribution is 6.30. The van der Waals surface area contributed by atoms with Crippen molar-refractivity contribution in [3.63, 3.8) is 0 Å². The van der Waals surface area contributed by atoms with E-state index in [1.54, 1.807) is 4.68 Å². The Balaban J connectivity index is 1.90. The number of hydrogen-bond acceptors (Lipinski definition) is 2. The van der Waals surface area contributed by atoms with Crippen LogP contribution in [0.3, 0.4) is 0 Å². The van der Waals surface area contributed by atoms with Crippen LogP contribution in [0.1, 0.15) is 23.3 Å². The Kier molecular flexibility index (Phi) is 3.49. The Labute approximate surface area is 123 Å². The van der Waals surface area contributed by atoms with Gasteiger partial charge >= 0.3 is 0 Å². The number of carbonyl (C=O) groups excluding carboxylic acids is 1. The average molecular weight is 290 g/mol. The average Bonchev–Trinajstić information content (AvgIpc) is 3.08. The van der Waals surface area contributed by atoms with Crippen LogP contribution in [0, 0.1) is 0 Å². The van der Waals surface area contributed by atoms with Crippen LogP contribution in [0.4, 0.5) is 0 Å². The van der Waals surface area contributed by atoms with Crippen molar-refractivity contribution >= 4 is 17.5 Å². The molecule has 4 nitrogen and oxygen atoms in total. The number of aryl methyl sites for hydroxylation is 1. The largest absolute Gasteiger partial charge is 0.337 e. The van der Waals surface area contributed by atoms with E-state index in [4.69, 9.17) is 11.6 Å². The van der Waals surface area contributed by atoms with Crippen molar-refractivity contribution in [2.24, 2.45) is 7.05 Å². The van der Waals surface area contributed by atoms with Gasteiger partial charge in [-0.1, -0.05) is 23.7 Å². The molecule has 0 atom stereocenters. The van der Waals surface area contributed by atoms with Crippen molar-refractivity contribution in [2.75, 3.05) is 13.1 Å². The van der Waals surface area contributed by atoms with E-state index in [9.17, 15) is 4.79 Å². The van der Waals surface area contributed by atoms with Crippen molar-refractivity contribution in [1.82, 2.24) is 14.7 Å². The summed E-state index contributed by atoms with van der Waals surface area (Å²) >= 11 is 5.90. The summed E-state index contributed by atoms with van der Waals surface area (Å²) in [5.41, 5.74) is 2.44. The normalized spacial score (nSPS) is 14.8. The molecule has 1 aromatic heterocycles. The summed E-state index contributed by atoms with van der Waals surface area (Å²) in [5, 5.41) is 5.04. The maximum absolute atomic E-state index is 12.3. The molecule has 1 aromatic carbocycles. The van der Waals surface area contributed by atoms with Gasteiger partial charge in [-0.3, -0.25) is 9.48 Å². The van der Waals surface area contributed by atoms with Gasteiger partial charge in [0.2, 0.25) is 0 Å². The number of likely N-dealkylation sites (tertiary alicyclic amines) is 1. The van der Waals surface area contributed by atoms with Crippen molar-refractivity contribution in [3.8, 4) is 11.3 Å². The van der Waals surface area contributed by atoms with Crippen LogP contribution >= 0.6 is 11.6 Å². The first-order valence-electron chi connectivity index (χ1n) is 6.74. The molecule has 5 heteroatoms. The predicted molar refractivity (Wildman–Crippen MR) is 78.8 cm³/mol. The molecule has 104 valence electrons. The van der Waals surface area contributed by atoms with Gasteiger partial charge in [0.05, 0.1) is 5.69 Å². The molecular weight excluding hydrogens is 274 g/mol. The monoisotopic (exact) mass is 289 g/mol. The van der Waals surface area contributed by atoms with E-state index >= 15 is 0 Å². The summed E-state index contributed by atoms with van der Waals surface area (Å²) in [5.74, 6) is 0.0262. The Morgan fingerprint density at radius 2 is 1.85 bits per heavy atom. The van der Waals surface area contributed by atoms with Gasteiger partial charge in [-0.2, -0.15) is 5.10 Å². The third kappa shape index (κ3) is 2.43. The SMILES string of the molecule is Cn1nc(C(=O)N2CCCC2)cc1-c1ccc(Cl)cc1. The van der Waals surface area contributed by atoms with E-state index in [1.165, 1.54) is 0 Å². The lowest BCUT2D eigenvalue weighted by molar-refractivity contribution is 0.0786. The zero-order valence-electron chi connectivity index (χ0n) is 11.3. The minimum absolute atomic E-state index is 0.0262. The molecule has 2 aromatic rings. The summed E-state index contributed by atoms with van der Waals surface area (Å²) in [7, 11) is 1.85. The molecule has 0 N–H and O–H groups in total. The van der Waals surface area contributed by atoms with Gasteiger partial charge in [-0.25, -0.2) is 0 Å². The standard InChI is InChI=1S/C15H16ClN3O/c1-18-14(11-4-6-12(16)7-5-11)10-13(17-18)15(20)19-8-2-3-9-19/h4-7,10H,2-3,8-9H2,1H3. The van der Waals surface area contributed by atoms with Gasteiger partial charge in [0.15, 0.2) is 5.69 Å². The smallest absolute Gasteiger partial charge is 0.274 e. The van der Waals surface area contributed by atoms with E-state index in [2.05, 4.69) is 5.10 Å². The van der Waals surface area contributed by atoms with Crippen molar-refractivity contribution in [3.05, 3.63) is 41.0 Å². The molecule has 1 fully saturated rings. The van der Waals surface area contributed by atoms with Crippen molar-refractivity contribution < 1.29 is 4.79 Å². The van der Waals surface area contributed by atoms with Crippen LogP contribution in [-0.4, -0.2) is 33.7 Å². The molecule has 0 spiro atoms. The van der Waals surface area contributed by atoms with Gasteiger partial charge in [-0.15, -0.1) is 0 Å². The highest BCUT2D eigenvalue weighted by Crippen LogP contribution is 2.23. The fourth-order valence-corrected chi connectivity index (χ4v) is 2.67. The van der Waals surface area contributed by atoms with Gasteiger partial charge < -0.3 is 4.90 Å². The van der Waals surface area contributed by atoms with Gasteiger partial charge in [0, 0.05) is 25.2 Å². The van der Waals surface area contributed by atoms with Crippen LogP contribution in [0.25, 0.3) is 11.3 Å². The van der Waals surface area contributed by atoms with Gasteiger partial charge in [-0.05, 0) is 36.6 Å². The number of hydrogen-bond donors (Lipinski definition) is 0. The second kappa shape index (κ2) is 5.29. The van der Waals surface area contributed by atoms with E-state index in [0.717, 1.165) is 37.2 Å². The van der Waals surface area contributed by atoms with E-state index in [1.807, 2.05) is 42.3 Å². The minimum atomic E-state index is 0.0262. The maximum Gasteiger partial charge on any atom is 0.274 e. The molecule has 2 heterocycles. The third-order valence-electron chi connectivity index (χ3n) is 3.63. The Bertz CT molecular complexity index is 627. The lowest BCUT2D eigenvalue weighted by Gasteiger charge is -2.12. The van der Waals surface area contributed by atoms with E-state index < -0.39 is 0 Å². The summed E-state index contributed by atoms with van der Waals surface area (Å²) < 4.78 is 1.74. The second-order valence-electron chi connectivity index (χ2n) is 5.04. The van der Waals surface area contributed by atoms with Crippen molar-refractivity contribution in [1.29, 1.82) is 0 Å². The molecule has 0 unspecified atom stereocenters. The van der Waals surface area contributed by atoms with Crippen LogP contribution in [-0.2, 0) is 7.05 Å². The Morgan fingerprint density at radius 1 is 1.20 bits per heavy atom. The lowest BCUT2D eigenvalue weighted by Crippen LogP contribution is -2.28. The number of benzene rings is 1. The molecule has 1 aliphatic heterocycles. The van der Waals surface area contributed by atoms with E-state index in [0.29, 0.717) is 10.7 Å². The maximum atomic E-state index is 12.3. The van der Waals surface area contributed by atoms with Crippen LogP contribution in [0.2, 0.25) is 5.02 Å². The summed E-state index contributed by atoms with van der Waals surface area (Å²) in [6, 6.07) is 9.40. The summed E-state index contributed by atoms with van der Waals surface area (Å²) in [6.07, 6.45) is 2.17. The lowest BCUT2D eigenvalue weighted by atomic mass is 10.1. The topological polar surface area (TPSA) is 38.1 Å². The molecule has 0 bridgehead atoms. The number of halogens is 1. The molecule has 0 saturated carbocycles. The highest BCUT2D eigenvalue weighted by atomic mass is 35.5. The van der Waals surface area contributed by atoms with Crippen LogP contribution in [0.15, 0.2) is 30.3 Å². The molecule has 1 aliphatic rings. The van der Waals surface area contributed by atoms with Crippen molar-refractivity contribution in [2.45, 2.75) is 12.8 Å². The first kappa shape index (κ1) is 13.2. The molecule has 0 radical (unpaired) electrons. The molecule has 1 amide bonds. The fourth-order valence-electron chi connectivity index (χ4n) is 2.54. The molecule has 3 rings (SSSR count). The van der Waals surface area contributed by atoms with Gasteiger partial charge in [0.25, 0.3) is 5.91 Å². The predicted octanol–water partition coefficient (Wildman–Crippen LogP) is 2.98. The quantitative estimate of drug-likeness (QED) is 0.852. The molecular formula is C15H16ClN3O. The Morgan fingerprint density at radius 3 is 2.50 bits per heavy atom. The number of carbonyl (C=O) groups is 1. The Hall–Kier alpha value is -1.81. The molecule has 20 heavy (non-hydrogen) atoms.